The normalized spacial score (nSPS) is 19.2. The Hall–Kier alpha value is -1.52. The molecule has 0 bridgehead atoms. The van der Waals surface area contributed by atoms with Gasteiger partial charge in [0.05, 0.1) is 5.56 Å². The van der Waals surface area contributed by atoms with Gasteiger partial charge in [0.2, 0.25) is 5.91 Å². The molecule has 1 amide bonds. The molecule has 1 aliphatic heterocycles. The minimum Gasteiger partial charge on any atom is -0.311 e. The van der Waals surface area contributed by atoms with Crippen LogP contribution in [0.15, 0.2) is 4.79 Å². The van der Waals surface area contributed by atoms with Gasteiger partial charge in [-0.05, 0) is 26.2 Å². The molecule has 2 rings (SSSR count). The Labute approximate surface area is 107 Å². The number of carbonyl (C=O) groups excluding carboxylic acids is 1. The maximum atomic E-state index is 12.1. The number of H-pyrrole nitrogens is 1. The number of carbonyl (C=O) groups is 1. The van der Waals surface area contributed by atoms with Crippen LogP contribution in [0.25, 0.3) is 0 Å². The summed E-state index contributed by atoms with van der Waals surface area (Å²) in [6.07, 6.45) is 1.28. The first-order valence-corrected chi connectivity index (χ1v) is 6.54. The average molecular weight is 251 g/mol. The molecule has 5 heteroatoms. The van der Waals surface area contributed by atoms with Gasteiger partial charge < -0.3 is 5.32 Å². The highest BCUT2D eigenvalue weighted by Gasteiger charge is 2.32. The third kappa shape index (κ3) is 2.21. The van der Waals surface area contributed by atoms with E-state index in [2.05, 4.69) is 24.3 Å². The lowest BCUT2D eigenvalue weighted by Crippen LogP contribution is -2.27. The van der Waals surface area contributed by atoms with E-state index in [-0.39, 0.29) is 23.4 Å². The molecule has 0 fully saturated rings. The Balaban J connectivity index is 2.49. The number of fused-ring (bicyclic) bond motifs is 1. The van der Waals surface area contributed by atoms with Crippen LogP contribution in [0.4, 0.5) is 5.82 Å². The van der Waals surface area contributed by atoms with Crippen molar-refractivity contribution in [3.63, 3.8) is 0 Å². The summed E-state index contributed by atoms with van der Waals surface area (Å²) in [5.41, 5.74) is 0.682. The summed E-state index contributed by atoms with van der Waals surface area (Å²) < 4.78 is 1.75. The van der Waals surface area contributed by atoms with Crippen molar-refractivity contribution in [1.29, 1.82) is 0 Å². The van der Waals surface area contributed by atoms with Crippen LogP contribution in [0.5, 0.6) is 0 Å². The molecule has 1 atom stereocenters. The fourth-order valence-corrected chi connectivity index (χ4v) is 2.64. The van der Waals surface area contributed by atoms with Crippen molar-refractivity contribution < 1.29 is 4.79 Å². The minimum atomic E-state index is -0.0654. The first-order chi connectivity index (χ1) is 8.40. The van der Waals surface area contributed by atoms with Crippen LogP contribution in [-0.2, 0) is 4.79 Å². The predicted octanol–water partition coefficient (Wildman–Crippen LogP) is 2.23. The number of aromatic nitrogens is 2. The number of nitrogens with one attached hydrogen (secondary N) is 2. The molecule has 2 heterocycles. The van der Waals surface area contributed by atoms with Gasteiger partial charge in [-0.1, -0.05) is 13.8 Å². The van der Waals surface area contributed by atoms with Gasteiger partial charge >= 0.3 is 0 Å². The minimum absolute atomic E-state index is 0.00144. The van der Waals surface area contributed by atoms with E-state index in [4.69, 9.17) is 0 Å². The standard InChI is InChI=1S/C13H21N3O2/c1-7(2)5-9-6-10(17)14-12-11(9)13(18)15-16(12)8(3)4/h7-9H,5-6H2,1-4H3,(H,14,17)(H,15,18)/t9-/m0/s1. The highest BCUT2D eigenvalue weighted by atomic mass is 16.2. The van der Waals surface area contributed by atoms with Gasteiger partial charge in [-0.3, -0.25) is 19.4 Å². The van der Waals surface area contributed by atoms with Gasteiger partial charge in [0.15, 0.2) is 0 Å². The quantitative estimate of drug-likeness (QED) is 0.865. The summed E-state index contributed by atoms with van der Waals surface area (Å²) in [7, 11) is 0. The number of amides is 1. The first kappa shape index (κ1) is 12.9. The van der Waals surface area contributed by atoms with Crippen molar-refractivity contribution in [2.75, 3.05) is 5.32 Å². The Bertz CT molecular complexity index is 511. The Kier molecular flexibility index (Phi) is 3.32. The summed E-state index contributed by atoms with van der Waals surface area (Å²) in [6.45, 7) is 8.18. The molecule has 100 valence electrons. The summed E-state index contributed by atoms with van der Waals surface area (Å²) >= 11 is 0. The van der Waals surface area contributed by atoms with Crippen LogP contribution >= 0.6 is 0 Å². The van der Waals surface area contributed by atoms with Gasteiger partial charge in [0, 0.05) is 18.4 Å². The lowest BCUT2D eigenvalue weighted by atomic mass is 9.86. The highest BCUT2D eigenvalue weighted by Crippen LogP contribution is 2.34. The highest BCUT2D eigenvalue weighted by molar-refractivity contribution is 5.93. The number of hydrogen-bond donors (Lipinski definition) is 2. The molecule has 0 unspecified atom stereocenters. The van der Waals surface area contributed by atoms with E-state index in [1.807, 2.05) is 13.8 Å². The molecule has 0 spiro atoms. The molecule has 0 radical (unpaired) electrons. The van der Waals surface area contributed by atoms with Gasteiger partial charge in [-0.25, -0.2) is 0 Å². The second kappa shape index (κ2) is 4.63. The summed E-state index contributed by atoms with van der Waals surface area (Å²) in [4.78, 5) is 23.8. The number of anilines is 1. The third-order valence-electron chi connectivity index (χ3n) is 3.33. The van der Waals surface area contributed by atoms with Crippen LogP contribution in [-0.4, -0.2) is 15.7 Å². The molecule has 0 aromatic carbocycles. The Morgan fingerprint density at radius 1 is 1.28 bits per heavy atom. The smallest absolute Gasteiger partial charge is 0.269 e. The van der Waals surface area contributed by atoms with Crippen molar-refractivity contribution in [1.82, 2.24) is 9.78 Å². The monoisotopic (exact) mass is 251 g/mol. The Morgan fingerprint density at radius 2 is 1.94 bits per heavy atom. The molecule has 1 aromatic rings. The second-order valence-electron chi connectivity index (χ2n) is 5.75. The molecule has 0 saturated carbocycles. The molecule has 1 aromatic heterocycles. The average Bonchev–Trinajstić information content (AvgIpc) is 2.54. The number of hydrogen-bond acceptors (Lipinski definition) is 2. The van der Waals surface area contributed by atoms with E-state index in [9.17, 15) is 9.59 Å². The summed E-state index contributed by atoms with van der Waals surface area (Å²) in [5.74, 6) is 1.17. The number of nitrogens with zero attached hydrogens (tertiary/aromatic N) is 1. The largest absolute Gasteiger partial charge is 0.311 e. The molecular formula is C13H21N3O2. The molecule has 0 saturated heterocycles. The SMILES string of the molecule is CC(C)C[C@H]1CC(=O)Nc2c1c(=O)[nH]n2C(C)C. The zero-order valence-corrected chi connectivity index (χ0v) is 11.4. The van der Waals surface area contributed by atoms with E-state index >= 15 is 0 Å². The van der Waals surface area contributed by atoms with Crippen molar-refractivity contribution in [2.45, 2.75) is 52.5 Å². The van der Waals surface area contributed by atoms with E-state index in [1.165, 1.54) is 0 Å². The van der Waals surface area contributed by atoms with Crippen LogP contribution in [0, 0.1) is 5.92 Å². The topological polar surface area (TPSA) is 66.9 Å². The molecule has 18 heavy (non-hydrogen) atoms. The number of aromatic amines is 1. The van der Waals surface area contributed by atoms with Crippen molar-refractivity contribution in [3.8, 4) is 0 Å². The second-order valence-corrected chi connectivity index (χ2v) is 5.75. The Morgan fingerprint density at radius 3 is 2.50 bits per heavy atom. The maximum Gasteiger partial charge on any atom is 0.269 e. The van der Waals surface area contributed by atoms with Crippen LogP contribution in [0.1, 0.15) is 58.1 Å². The third-order valence-corrected chi connectivity index (χ3v) is 3.33. The van der Waals surface area contributed by atoms with E-state index in [0.29, 0.717) is 18.2 Å². The van der Waals surface area contributed by atoms with Crippen LogP contribution < -0.4 is 10.9 Å². The molecule has 0 aliphatic carbocycles. The van der Waals surface area contributed by atoms with Gasteiger partial charge in [0.25, 0.3) is 5.56 Å². The maximum absolute atomic E-state index is 12.1. The predicted molar refractivity (Wildman–Crippen MR) is 70.9 cm³/mol. The van der Waals surface area contributed by atoms with Crippen molar-refractivity contribution in [2.24, 2.45) is 5.92 Å². The van der Waals surface area contributed by atoms with Crippen LogP contribution in [0.2, 0.25) is 0 Å². The first-order valence-electron chi connectivity index (χ1n) is 6.54. The molecule has 1 aliphatic rings. The summed E-state index contributed by atoms with van der Waals surface area (Å²) in [5, 5.41) is 5.65. The van der Waals surface area contributed by atoms with Gasteiger partial charge in [0.1, 0.15) is 5.82 Å². The van der Waals surface area contributed by atoms with Crippen molar-refractivity contribution in [3.05, 3.63) is 15.9 Å². The van der Waals surface area contributed by atoms with Gasteiger partial charge in [-0.2, -0.15) is 0 Å². The van der Waals surface area contributed by atoms with E-state index in [1.54, 1.807) is 4.68 Å². The zero-order chi connectivity index (χ0) is 13.4. The fraction of sp³-hybridized carbons (Fsp3) is 0.692. The molecule has 5 nitrogen and oxygen atoms in total. The fourth-order valence-electron chi connectivity index (χ4n) is 2.64. The summed E-state index contributed by atoms with van der Waals surface area (Å²) in [6, 6.07) is 0.125. The van der Waals surface area contributed by atoms with E-state index < -0.39 is 0 Å². The van der Waals surface area contributed by atoms with Crippen molar-refractivity contribution >= 4 is 11.7 Å². The number of rotatable bonds is 3. The zero-order valence-electron chi connectivity index (χ0n) is 11.4. The molecule has 2 N–H and O–H groups in total. The van der Waals surface area contributed by atoms with E-state index in [0.717, 1.165) is 12.0 Å². The van der Waals surface area contributed by atoms with Crippen LogP contribution in [0.3, 0.4) is 0 Å². The lowest BCUT2D eigenvalue weighted by molar-refractivity contribution is -0.117. The molecular weight excluding hydrogens is 230 g/mol. The lowest BCUT2D eigenvalue weighted by Gasteiger charge is -2.24. The van der Waals surface area contributed by atoms with Gasteiger partial charge in [-0.15, -0.1) is 0 Å².